The van der Waals surface area contributed by atoms with Crippen molar-refractivity contribution in [3.63, 3.8) is 0 Å². The molecule has 3 rings (SSSR count). The van der Waals surface area contributed by atoms with Gasteiger partial charge >= 0.3 is 0 Å². The van der Waals surface area contributed by atoms with Gasteiger partial charge < -0.3 is 4.52 Å². The molecule has 0 fully saturated rings. The van der Waals surface area contributed by atoms with Gasteiger partial charge in [0.25, 0.3) is 5.56 Å². The van der Waals surface area contributed by atoms with E-state index in [1.54, 1.807) is 16.9 Å². The van der Waals surface area contributed by atoms with E-state index in [0.717, 1.165) is 5.76 Å². The average Bonchev–Trinajstić information content (AvgIpc) is 2.99. The van der Waals surface area contributed by atoms with Crippen molar-refractivity contribution in [3.8, 4) is 0 Å². The highest BCUT2D eigenvalue weighted by molar-refractivity contribution is 5.72. The first-order chi connectivity index (χ1) is 9.19. The fourth-order valence-corrected chi connectivity index (χ4v) is 2.01. The Balaban J connectivity index is 2.05. The van der Waals surface area contributed by atoms with Crippen molar-refractivity contribution in [1.82, 2.24) is 24.5 Å². The Hall–Kier alpha value is -2.44. The predicted octanol–water partition coefficient (Wildman–Crippen LogP) is 0.958. The lowest BCUT2D eigenvalue weighted by Gasteiger charge is -2.02. The summed E-state index contributed by atoms with van der Waals surface area (Å²) in [5.74, 6) is 0.718. The van der Waals surface area contributed by atoms with Crippen molar-refractivity contribution in [1.29, 1.82) is 0 Å². The van der Waals surface area contributed by atoms with Crippen LogP contribution < -0.4 is 5.56 Å². The standard InChI is InChI=1S/C12H13N5O2/c1-3-17-11-10(5-14-17)12(18)16(7-13-11)6-9-4-8(2)19-15-9/h4-5,7H,3,6H2,1-2H3. The molecule has 7 heteroatoms. The highest BCUT2D eigenvalue weighted by Crippen LogP contribution is 2.07. The molecule has 0 aliphatic heterocycles. The van der Waals surface area contributed by atoms with E-state index in [9.17, 15) is 4.79 Å². The van der Waals surface area contributed by atoms with Gasteiger partial charge in [0.05, 0.1) is 12.7 Å². The first-order valence-corrected chi connectivity index (χ1v) is 6.02. The second-order valence-electron chi connectivity index (χ2n) is 4.30. The van der Waals surface area contributed by atoms with Crippen LogP contribution >= 0.6 is 0 Å². The molecular formula is C12H13N5O2. The van der Waals surface area contributed by atoms with E-state index < -0.39 is 0 Å². The first-order valence-electron chi connectivity index (χ1n) is 6.02. The molecular weight excluding hydrogens is 246 g/mol. The minimum atomic E-state index is -0.120. The van der Waals surface area contributed by atoms with Crippen LogP contribution in [0.2, 0.25) is 0 Å². The lowest BCUT2D eigenvalue weighted by atomic mass is 10.3. The molecule has 0 aromatic carbocycles. The third kappa shape index (κ3) is 1.92. The Bertz CT molecular complexity index is 783. The van der Waals surface area contributed by atoms with Gasteiger partial charge in [0.1, 0.15) is 23.2 Å². The van der Waals surface area contributed by atoms with Crippen molar-refractivity contribution >= 4 is 11.0 Å². The topological polar surface area (TPSA) is 78.7 Å². The lowest BCUT2D eigenvalue weighted by Crippen LogP contribution is -2.21. The number of hydrogen-bond acceptors (Lipinski definition) is 5. The zero-order valence-electron chi connectivity index (χ0n) is 10.7. The van der Waals surface area contributed by atoms with E-state index in [1.807, 2.05) is 13.8 Å². The monoisotopic (exact) mass is 259 g/mol. The third-order valence-corrected chi connectivity index (χ3v) is 2.93. The summed E-state index contributed by atoms with van der Waals surface area (Å²) in [6, 6.07) is 1.80. The summed E-state index contributed by atoms with van der Waals surface area (Å²) in [6.45, 7) is 4.79. The van der Waals surface area contributed by atoms with Crippen molar-refractivity contribution < 1.29 is 4.52 Å². The van der Waals surface area contributed by atoms with Crippen molar-refractivity contribution in [2.24, 2.45) is 0 Å². The zero-order valence-corrected chi connectivity index (χ0v) is 10.7. The second-order valence-corrected chi connectivity index (χ2v) is 4.30. The largest absolute Gasteiger partial charge is 0.361 e. The minimum absolute atomic E-state index is 0.120. The minimum Gasteiger partial charge on any atom is -0.361 e. The van der Waals surface area contributed by atoms with Gasteiger partial charge in [-0.3, -0.25) is 9.36 Å². The molecule has 0 aliphatic carbocycles. The van der Waals surface area contributed by atoms with E-state index in [4.69, 9.17) is 4.52 Å². The summed E-state index contributed by atoms with van der Waals surface area (Å²) in [4.78, 5) is 16.6. The molecule has 3 aromatic heterocycles. The van der Waals surface area contributed by atoms with Crippen LogP contribution in [0.1, 0.15) is 18.4 Å². The first kappa shape index (κ1) is 11.6. The molecule has 0 unspecified atom stereocenters. The van der Waals surface area contributed by atoms with Crippen LogP contribution in [0, 0.1) is 6.92 Å². The highest BCUT2D eigenvalue weighted by Gasteiger charge is 2.10. The second kappa shape index (κ2) is 4.34. The van der Waals surface area contributed by atoms with E-state index in [1.165, 1.54) is 10.9 Å². The van der Waals surface area contributed by atoms with Gasteiger partial charge in [-0.05, 0) is 13.8 Å². The van der Waals surface area contributed by atoms with Gasteiger partial charge in [0.15, 0.2) is 5.65 Å². The zero-order chi connectivity index (χ0) is 13.4. The van der Waals surface area contributed by atoms with Crippen molar-refractivity contribution in [2.75, 3.05) is 0 Å². The van der Waals surface area contributed by atoms with E-state index in [2.05, 4.69) is 15.2 Å². The molecule has 0 aliphatic rings. The molecule has 7 nitrogen and oxygen atoms in total. The summed E-state index contributed by atoms with van der Waals surface area (Å²) in [7, 11) is 0. The van der Waals surface area contributed by atoms with E-state index >= 15 is 0 Å². The molecule has 3 heterocycles. The van der Waals surface area contributed by atoms with Crippen LogP contribution in [0.3, 0.4) is 0 Å². The lowest BCUT2D eigenvalue weighted by molar-refractivity contribution is 0.388. The molecule has 0 N–H and O–H groups in total. The SMILES string of the molecule is CCn1ncc2c(=O)n(Cc3cc(C)on3)cnc21. The van der Waals surface area contributed by atoms with Crippen LogP contribution in [0.25, 0.3) is 11.0 Å². The van der Waals surface area contributed by atoms with Gasteiger partial charge in [-0.1, -0.05) is 5.16 Å². The molecule has 0 bridgehead atoms. The van der Waals surface area contributed by atoms with Gasteiger partial charge in [-0.2, -0.15) is 5.10 Å². The number of aromatic nitrogens is 5. The Morgan fingerprint density at radius 2 is 2.26 bits per heavy atom. The molecule has 3 aromatic rings. The Labute approximate surface area is 108 Å². The highest BCUT2D eigenvalue weighted by atomic mass is 16.5. The summed E-state index contributed by atoms with van der Waals surface area (Å²) < 4.78 is 8.18. The molecule has 19 heavy (non-hydrogen) atoms. The van der Waals surface area contributed by atoms with Gasteiger partial charge in [-0.15, -0.1) is 0 Å². The maximum absolute atomic E-state index is 12.3. The predicted molar refractivity (Wildman–Crippen MR) is 67.8 cm³/mol. The average molecular weight is 259 g/mol. The number of fused-ring (bicyclic) bond motifs is 1. The summed E-state index contributed by atoms with van der Waals surface area (Å²) in [5, 5.41) is 8.52. The molecule has 0 atom stereocenters. The smallest absolute Gasteiger partial charge is 0.264 e. The summed E-state index contributed by atoms with van der Waals surface area (Å²) in [5.41, 5.74) is 1.19. The molecule has 98 valence electrons. The van der Waals surface area contributed by atoms with E-state index in [0.29, 0.717) is 29.8 Å². The third-order valence-electron chi connectivity index (χ3n) is 2.93. The molecule has 0 spiro atoms. The van der Waals surface area contributed by atoms with Gasteiger partial charge in [-0.25, -0.2) is 9.67 Å². The van der Waals surface area contributed by atoms with Crippen molar-refractivity contribution in [2.45, 2.75) is 26.9 Å². The van der Waals surface area contributed by atoms with Crippen molar-refractivity contribution in [3.05, 3.63) is 40.4 Å². The van der Waals surface area contributed by atoms with Gasteiger partial charge in [0.2, 0.25) is 0 Å². The van der Waals surface area contributed by atoms with Crippen LogP contribution in [-0.4, -0.2) is 24.5 Å². The summed E-state index contributed by atoms with van der Waals surface area (Å²) >= 11 is 0. The van der Waals surface area contributed by atoms with Crippen LogP contribution in [0.15, 0.2) is 27.9 Å². The Kier molecular flexibility index (Phi) is 2.66. The number of aryl methyl sites for hydroxylation is 2. The molecule has 0 saturated carbocycles. The number of hydrogen-bond donors (Lipinski definition) is 0. The maximum atomic E-state index is 12.3. The van der Waals surface area contributed by atoms with Crippen LogP contribution in [0.4, 0.5) is 0 Å². The Morgan fingerprint density at radius 3 is 2.95 bits per heavy atom. The normalized spacial score (nSPS) is 11.3. The fraction of sp³-hybridized carbons (Fsp3) is 0.333. The molecule has 0 amide bonds. The molecule has 0 saturated heterocycles. The van der Waals surface area contributed by atoms with Gasteiger partial charge in [0, 0.05) is 12.6 Å². The Morgan fingerprint density at radius 1 is 1.42 bits per heavy atom. The van der Waals surface area contributed by atoms with E-state index in [-0.39, 0.29) is 5.56 Å². The van der Waals surface area contributed by atoms with Crippen LogP contribution in [-0.2, 0) is 13.1 Å². The number of rotatable bonds is 3. The number of nitrogens with zero attached hydrogens (tertiary/aromatic N) is 5. The fourth-order valence-electron chi connectivity index (χ4n) is 2.01. The quantitative estimate of drug-likeness (QED) is 0.700. The maximum Gasteiger partial charge on any atom is 0.264 e. The molecule has 0 radical (unpaired) electrons. The summed E-state index contributed by atoms with van der Waals surface area (Å²) in [6.07, 6.45) is 3.07. The van der Waals surface area contributed by atoms with Crippen LogP contribution in [0.5, 0.6) is 0 Å².